The normalized spacial score (nSPS) is 13.9. The molecule has 84 valence electrons. The molecule has 0 saturated carbocycles. The Morgan fingerprint density at radius 3 is 2.20 bits per heavy atom. The summed E-state index contributed by atoms with van der Waals surface area (Å²) in [5, 5.41) is 0. The van der Waals surface area contributed by atoms with Gasteiger partial charge in [0.15, 0.2) is 0 Å². The highest BCUT2D eigenvalue weighted by Crippen LogP contribution is 2.29. The molecule has 1 aromatic carbocycles. The predicted molar refractivity (Wildman–Crippen MR) is 66.9 cm³/mol. The minimum Gasteiger partial charge on any atom is -0.207 e. The van der Waals surface area contributed by atoms with Gasteiger partial charge in [0.25, 0.3) is 0 Å². The lowest BCUT2D eigenvalue weighted by Crippen LogP contribution is -2.20. The van der Waals surface area contributed by atoms with E-state index in [4.69, 9.17) is 0 Å². The fraction of sp³-hybridized carbons (Fsp3) is 0.538. The van der Waals surface area contributed by atoms with E-state index < -0.39 is 0 Å². The second kappa shape index (κ2) is 5.11. The Morgan fingerprint density at radius 2 is 1.73 bits per heavy atom. The fourth-order valence-corrected chi connectivity index (χ4v) is 1.61. The van der Waals surface area contributed by atoms with Crippen LogP contribution in [0.25, 0.3) is 0 Å². The van der Waals surface area contributed by atoms with Gasteiger partial charge in [-0.05, 0) is 36.0 Å². The van der Waals surface area contributed by atoms with Crippen molar-refractivity contribution >= 4 is 15.9 Å². The van der Waals surface area contributed by atoms with Gasteiger partial charge in [-0.2, -0.15) is 0 Å². The number of aryl methyl sites for hydroxylation is 1. The lowest BCUT2D eigenvalue weighted by atomic mass is 9.89. The molecule has 0 nitrogen and oxygen atoms in total. The predicted octanol–water partition coefficient (Wildman–Crippen LogP) is 4.57. The Labute approximate surface area is 100 Å². The van der Waals surface area contributed by atoms with Crippen molar-refractivity contribution in [3.8, 4) is 0 Å². The number of alkyl halides is 1. The first-order valence-electron chi connectivity index (χ1n) is 5.28. The molecule has 0 aliphatic carbocycles. The molecule has 1 rings (SSSR count). The lowest BCUT2D eigenvalue weighted by molar-refractivity contribution is 0.386. The first-order chi connectivity index (χ1) is 6.89. The van der Waals surface area contributed by atoms with Crippen LogP contribution in [0.3, 0.4) is 0 Å². The van der Waals surface area contributed by atoms with Crippen LogP contribution in [0.15, 0.2) is 24.3 Å². The van der Waals surface area contributed by atoms with Crippen LogP contribution in [0.1, 0.15) is 32.8 Å². The third-order valence-electron chi connectivity index (χ3n) is 2.54. The van der Waals surface area contributed by atoms with E-state index in [1.165, 1.54) is 17.7 Å². The summed E-state index contributed by atoms with van der Waals surface area (Å²) in [5.74, 6) is -0.162. The molecule has 0 aliphatic heterocycles. The quantitative estimate of drug-likeness (QED) is 0.708. The van der Waals surface area contributed by atoms with Crippen molar-refractivity contribution in [2.24, 2.45) is 5.41 Å². The van der Waals surface area contributed by atoms with Crippen LogP contribution in [0, 0.1) is 11.2 Å². The molecule has 0 fully saturated rings. The molecule has 0 amide bonds. The Balaban J connectivity index is 2.47. The van der Waals surface area contributed by atoms with Crippen LogP contribution in [0.5, 0.6) is 0 Å². The molecule has 2 heteroatoms. The van der Waals surface area contributed by atoms with Crippen molar-refractivity contribution in [1.82, 2.24) is 0 Å². The molecule has 1 aromatic rings. The van der Waals surface area contributed by atoms with Crippen LogP contribution in [0.2, 0.25) is 0 Å². The van der Waals surface area contributed by atoms with Crippen molar-refractivity contribution in [2.75, 3.05) is 0 Å². The zero-order valence-corrected chi connectivity index (χ0v) is 11.1. The van der Waals surface area contributed by atoms with Gasteiger partial charge in [0.2, 0.25) is 0 Å². The van der Waals surface area contributed by atoms with Gasteiger partial charge in [-0.15, -0.1) is 0 Å². The molecule has 0 N–H and O–H groups in total. The average molecular weight is 273 g/mol. The van der Waals surface area contributed by atoms with Gasteiger partial charge in [-0.25, -0.2) is 4.39 Å². The van der Waals surface area contributed by atoms with Crippen LogP contribution in [0.4, 0.5) is 4.39 Å². The summed E-state index contributed by atoms with van der Waals surface area (Å²) in [6.45, 7) is 6.66. The third kappa shape index (κ3) is 4.33. The van der Waals surface area contributed by atoms with E-state index in [0.717, 1.165) is 12.8 Å². The molecule has 1 atom stereocenters. The molecular formula is C13H18BrF. The van der Waals surface area contributed by atoms with Crippen molar-refractivity contribution in [1.29, 1.82) is 0 Å². The Morgan fingerprint density at radius 1 is 1.20 bits per heavy atom. The topological polar surface area (TPSA) is 0 Å². The van der Waals surface area contributed by atoms with Crippen LogP contribution >= 0.6 is 15.9 Å². The number of halogens is 2. The maximum absolute atomic E-state index is 12.7. The summed E-state index contributed by atoms with van der Waals surface area (Å²) in [7, 11) is 0. The highest BCUT2D eigenvalue weighted by Gasteiger charge is 2.21. The molecule has 0 bridgehead atoms. The molecule has 0 aliphatic rings. The minimum absolute atomic E-state index is 0.162. The van der Waals surface area contributed by atoms with Gasteiger partial charge in [-0.3, -0.25) is 0 Å². The maximum Gasteiger partial charge on any atom is 0.123 e. The average Bonchev–Trinajstić information content (AvgIpc) is 2.15. The molecular weight excluding hydrogens is 255 g/mol. The second-order valence-corrected chi connectivity index (χ2v) is 6.10. The lowest BCUT2D eigenvalue weighted by Gasteiger charge is -2.25. The van der Waals surface area contributed by atoms with E-state index in [-0.39, 0.29) is 11.2 Å². The van der Waals surface area contributed by atoms with Gasteiger partial charge < -0.3 is 0 Å². The zero-order valence-electron chi connectivity index (χ0n) is 9.56. The van der Waals surface area contributed by atoms with Crippen LogP contribution in [-0.2, 0) is 6.42 Å². The number of benzene rings is 1. The zero-order chi connectivity index (χ0) is 11.5. The van der Waals surface area contributed by atoms with E-state index >= 15 is 0 Å². The largest absolute Gasteiger partial charge is 0.207 e. The van der Waals surface area contributed by atoms with Gasteiger partial charge in [0, 0.05) is 4.83 Å². The standard InChI is InChI=1S/C13H18BrF/c1-13(2,3)12(14)9-6-10-4-7-11(15)8-5-10/h4-5,7-8,12H,6,9H2,1-3H3. The van der Waals surface area contributed by atoms with Gasteiger partial charge >= 0.3 is 0 Å². The Hall–Kier alpha value is -0.370. The van der Waals surface area contributed by atoms with Crippen molar-refractivity contribution in [3.05, 3.63) is 35.6 Å². The highest BCUT2D eigenvalue weighted by atomic mass is 79.9. The third-order valence-corrected chi connectivity index (χ3v) is 4.37. The van der Waals surface area contributed by atoms with E-state index in [1.54, 1.807) is 0 Å². The van der Waals surface area contributed by atoms with Crippen molar-refractivity contribution in [3.63, 3.8) is 0 Å². The number of hydrogen-bond acceptors (Lipinski definition) is 0. The van der Waals surface area contributed by atoms with E-state index in [1.807, 2.05) is 12.1 Å². The fourth-order valence-electron chi connectivity index (χ4n) is 1.38. The Bertz CT molecular complexity index is 297. The molecule has 1 unspecified atom stereocenters. The molecule has 15 heavy (non-hydrogen) atoms. The van der Waals surface area contributed by atoms with Crippen LogP contribution < -0.4 is 0 Å². The first-order valence-corrected chi connectivity index (χ1v) is 6.19. The van der Waals surface area contributed by atoms with Gasteiger partial charge in [0.05, 0.1) is 0 Å². The summed E-state index contributed by atoms with van der Waals surface area (Å²) in [4.78, 5) is 0.495. The summed E-state index contributed by atoms with van der Waals surface area (Å²) in [6.07, 6.45) is 2.07. The minimum atomic E-state index is -0.162. The number of hydrogen-bond donors (Lipinski definition) is 0. The summed E-state index contributed by atoms with van der Waals surface area (Å²) in [6, 6.07) is 6.76. The summed E-state index contributed by atoms with van der Waals surface area (Å²) < 4.78 is 12.7. The van der Waals surface area contributed by atoms with Crippen molar-refractivity contribution in [2.45, 2.75) is 38.4 Å². The smallest absolute Gasteiger partial charge is 0.123 e. The van der Waals surface area contributed by atoms with E-state index in [0.29, 0.717) is 4.83 Å². The molecule has 0 radical (unpaired) electrons. The first kappa shape index (κ1) is 12.7. The molecule has 0 spiro atoms. The SMILES string of the molecule is CC(C)(C)C(Br)CCc1ccc(F)cc1. The summed E-state index contributed by atoms with van der Waals surface area (Å²) in [5.41, 5.74) is 1.48. The van der Waals surface area contributed by atoms with E-state index in [9.17, 15) is 4.39 Å². The Kier molecular flexibility index (Phi) is 4.32. The molecule has 0 heterocycles. The monoisotopic (exact) mass is 272 g/mol. The van der Waals surface area contributed by atoms with Gasteiger partial charge in [-0.1, -0.05) is 48.8 Å². The molecule has 0 saturated heterocycles. The molecule has 0 aromatic heterocycles. The van der Waals surface area contributed by atoms with Crippen LogP contribution in [-0.4, -0.2) is 4.83 Å². The second-order valence-electron chi connectivity index (χ2n) is 5.00. The highest BCUT2D eigenvalue weighted by molar-refractivity contribution is 9.09. The van der Waals surface area contributed by atoms with Crippen molar-refractivity contribution < 1.29 is 4.39 Å². The maximum atomic E-state index is 12.7. The van der Waals surface area contributed by atoms with E-state index in [2.05, 4.69) is 36.7 Å². The summed E-state index contributed by atoms with van der Waals surface area (Å²) >= 11 is 3.70. The van der Waals surface area contributed by atoms with Gasteiger partial charge in [0.1, 0.15) is 5.82 Å². The number of rotatable bonds is 3.